The Morgan fingerprint density at radius 1 is 1.41 bits per heavy atom. The summed E-state index contributed by atoms with van der Waals surface area (Å²) in [6, 6.07) is 5.71. The molecule has 0 unspecified atom stereocenters. The maximum absolute atomic E-state index is 9.87. The van der Waals surface area contributed by atoms with E-state index in [-0.39, 0.29) is 12.2 Å². The fraction of sp³-hybridized carbons (Fsp3) is 0.333. The van der Waals surface area contributed by atoms with Crippen LogP contribution in [0, 0.1) is 6.92 Å². The highest BCUT2D eigenvalue weighted by molar-refractivity contribution is 5.93. The summed E-state index contributed by atoms with van der Waals surface area (Å²) in [6.45, 7) is 3.25. The number of ketones is 1. The van der Waals surface area contributed by atoms with Crippen molar-refractivity contribution in [3.63, 3.8) is 0 Å². The molecule has 1 rings (SSSR count). The molecular weight excluding hydrogens is 222 g/mol. The van der Waals surface area contributed by atoms with Crippen LogP contribution in [0.25, 0.3) is 0 Å². The Hall–Kier alpha value is -2.04. The fourth-order valence-corrected chi connectivity index (χ4v) is 1.03. The molecule has 0 aliphatic heterocycles. The van der Waals surface area contributed by atoms with Gasteiger partial charge in [-0.25, -0.2) is 0 Å². The van der Waals surface area contributed by atoms with Crippen LogP contribution in [0.15, 0.2) is 18.2 Å². The van der Waals surface area contributed by atoms with E-state index in [0.29, 0.717) is 5.69 Å². The molecule has 17 heavy (non-hydrogen) atoms. The number of benzene rings is 1. The molecule has 1 aromatic carbocycles. The standard InChI is InChI=1S/C8H11NO.C4H6O3/c1-6-3-4-7(9)8(5-6)10-2;1-3(5)2-4(6)7/h3-5H,9H2,1-2H3;2H2,1H3,(H,6,7). The molecule has 0 spiro atoms. The lowest BCUT2D eigenvalue weighted by Gasteiger charge is -2.03. The largest absolute Gasteiger partial charge is 0.495 e. The molecule has 0 heterocycles. The molecule has 5 nitrogen and oxygen atoms in total. The molecule has 0 atom stereocenters. The van der Waals surface area contributed by atoms with Crippen molar-refractivity contribution in [2.75, 3.05) is 12.8 Å². The smallest absolute Gasteiger partial charge is 0.310 e. The van der Waals surface area contributed by atoms with Gasteiger partial charge >= 0.3 is 5.97 Å². The van der Waals surface area contributed by atoms with Gasteiger partial charge in [0, 0.05) is 0 Å². The molecule has 0 amide bonds. The number of nitrogens with two attached hydrogens (primary N) is 1. The van der Waals surface area contributed by atoms with Crippen LogP contribution in [0.5, 0.6) is 5.75 Å². The zero-order valence-electron chi connectivity index (χ0n) is 10.2. The van der Waals surface area contributed by atoms with Crippen molar-refractivity contribution >= 4 is 17.4 Å². The van der Waals surface area contributed by atoms with Crippen molar-refractivity contribution in [1.82, 2.24) is 0 Å². The summed E-state index contributed by atoms with van der Waals surface area (Å²) >= 11 is 0. The third-order valence-electron chi connectivity index (χ3n) is 1.79. The van der Waals surface area contributed by atoms with E-state index in [1.165, 1.54) is 6.92 Å². The molecule has 0 saturated carbocycles. The lowest BCUT2D eigenvalue weighted by atomic mass is 10.2. The predicted octanol–water partition coefficient (Wildman–Crippen LogP) is 1.64. The Labute approximate surface area is 100 Å². The van der Waals surface area contributed by atoms with E-state index in [0.717, 1.165) is 11.3 Å². The molecule has 0 aromatic heterocycles. The summed E-state index contributed by atoms with van der Waals surface area (Å²) in [5.74, 6) is -0.625. The van der Waals surface area contributed by atoms with Crippen LogP contribution in [0.4, 0.5) is 5.69 Å². The van der Waals surface area contributed by atoms with Gasteiger partial charge in [-0.2, -0.15) is 0 Å². The Morgan fingerprint density at radius 3 is 2.29 bits per heavy atom. The van der Waals surface area contributed by atoms with Gasteiger partial charge in [0.2, 0.25) is 0 Å². The summed E-state index contributed by atoms with van der Waals surface area (Å²) in [5.41, 5.74) is 7.42. The topological polar surface area (TPSA) is 89.6 Å². The third-order valence-corrected chi connectivity index (χ3v) is 1.79. The number of rotatable bonds is 3. The van der Waals surface area contributed by atoms with Gasteiger partial charge in [-0.3, -0.25) is 9.59 Å². The molecule has 3 N–H and O–H groups in total. The SMILES string of the molecule is CC(=O)CC(=O)O.COc1cc(C)ccc1N. The highest BCUT2D eigenvalue weighted by Gasteiger charge is 1.98. The number of anilines is 1. The number of aliphatic carboxylic acids is 1. The van der Waals surface area contributed by atoms with Crippen LogP contribution in [-0.4, -0.2) is 24.0 Å². The van der Waals surface area contributed by atoms with E-state index >= 15 is 0 Å². The average molecular weight is 239 g/mol. The number of carboxylic acid groups (broad SMARTS) is 1. The summed E-state index contributed by atoms with van der Waals surface area (Å²) < 4.78 is 5.00. The number of hydrogen-bond donors (Lipinski definition) is 2. The number of ether oxygens (including phenoxy) is 1. The van der Waals surface area contributed by atoms with Crippen molar-refractivity contribution in [3.8, 4) is 5.75 Å². The molecule has 0 aliphatic carbocycles. The van der Waals surface area contributed by atoms with Gasteiger partial charge in [0.05, 0.1) is 12.8 Å². The van der Waals surface area contributed by atoms with Crippen LogP contribution in [-0.2, 0) is 9.59 Å². The second-order valence-electron chi connectivity index (χ2n) is 3.52. The van der Waals surface area contributed by atoms with E-state index in [9.17, 15) is 9.59 Å². The molecule has 94 valence electrons. The maximum Gasteiger partial charge on any atom is 0.310 e. The second kappa shape index (κ2) is 7.27. The lowest BCUT2D eigenvalue weighted by molar-refractivity contribution is -0.139. The Morgan fingerprint density at radius 2 is 2.00 bits per heavy atom. The quantitative estimate of drug-likeness (QED) is 0.618. The van der Waals surface area contributed by atoms with Gasteiger partial charge in [-0.15, -0.1) is 0 Å². The van der Waals surface area contributed by atoms with E-state index < -0.39 is 5.97 Å². The van der Waals surface area contributed by atoms with Crippen LogP contribution in [0.3, 0.4) is 0 Å². The maximum atomic E-state index is 9.87. The number of Topliss-reactive ketones (excluding diaryl/α,β-unsaturated/α-hetero) is 1. The minimum absolute atomic E-state index is 0.312. The molecule has 1 aromatic rings. The monoisotopic (exact) mass is 239 g/mol. The predicted molar refractivity (Wildman–Crippen MR) is 65.1 cm³/mol. The fourth-order valence-electron chi connectivity index (χ4n) is 1.03. The normalized spacial score (nSPS) is 8.88. The number of nitrogen functional groups attached to an aromatic ring is 1. The van der Waals surface area contributed by atoms with Crippen LogP contribution < -0.4 is 10.5 Å². The highest BCUT2D eigenvalue weighted by atomic mass is 16.5. The van der Waals surface area contributed by atoms with Crippen LogP contribution >= 0.6 is 0 Å². The first-order valence-corrected chi connectivity index (χ1v) is 4.98. The summed E-state index contributed by atoms with van der Waals surface area (Å²) in [5, 5.41) is 7.86. The molecule has 5 heteroatoms. The van der Waals surface area contributed by atoms with Gasteiger partial charge in [0.25, 0.3) is 0 Å². The van der Waals surface area contributed by atoms with Crippen molar-refractivity contribution < 1.29 is 19.4 Å². The minimum Gasteiger partial charge on any atom is -0.495 e. The summed E-state index contributed by atoms with van der Waals surface area (Å²) in [4.78, 5) is 19.5. The first-order chi connectivity index (χ1) is 7.86. The summed E-state index contributed by atoms with van der Waals surface area (Å²) in [7, 11) is 1.62. The van der Waals surface area contributed by atoms with Gasteiger partial charge < -0.3 is 15.6 Å². The Bertz CT molecular complexity index is 389. The van der Waals surface area contributed by atoms with Gasteiger partial charge in [-0.1, -0.05) is 6.07 Å². The molecule has 0 radical (unpaired) electrons. The zero-order chi connectivity index (χ0) is 13.4. The van der Waals surface area contributed by atoms with E-state index in [4.69, 9.17) is 15.6 Å². The third kappa shape index (κ3) is 6.94. The van der Waals surface area contributed by atoms with E-state index in [1.54, 1.807) is 7.11 Å². The van der Waals surface area contributed by atoms with Crippen molar-refractivity contribution in [1.29, 1.82) is 0 Å². The molecule has 0 bridgehead atoms. The average Bonchev–Trinajstić information content (AvgIpc) is 2.20. The number of carboxylic acids is 1. The lowest BCUT2D eigenvalue weighted by Crippen LogP contribution is -2.00. The van der Waals surface area contributed by atoms with Crippen LogP contribution in [0.2, 0.25) is 0 Å². The van der Waals surface area contributed by atoms with E-state index in [2.05, 4.69) is 0 Å². The minimum atomic E-state index is -1.06. The number of carbonyl (C=O) groups is 2. The molecular formula is C12H17NO4. The van der Waals surface area contributed by atoms with Crippen molar-refractivity contribution in [2.24, 2.45) is 0 Å². The summed E-state index contributed by atoms with van der Waals surface area (Å²) in [6.07, 6.45) is -0.361. The molecule has 0 fully saturated rings. The second-order valence-corrected chi connectivity index (χ2v) is 3.52. The van der Waals surface area contributed by atoms with E-state index in [1.807, 2.05) is 25.1 Å². The Balaban J connectivity index is 0.000000325. The molecule has 0 saturated heterocycles. The Kier molecular flexibility index (Phi) is 6.40. The van der Waals surface area contributed by atoms with Gasteiger partial charge in [-0.05, 0) is 31.5 Å². The zero-order valence-corrected chi connectivity index (χ0v) is 10.2. The number of carbonyl (C=O) groups excluding carboxylic acids is 1. The van der Waals surface area contributed by atoms with Crippen LogP contribution in [0.1, 0.15) is 18.9 Å². The number of hydrogen-bond acceptors (Lipinski definition) is 4. The molecule has 0 aliphatic rings. The van der Waals surface area contributed by atoms with Gasteiger partial charge in [0.15, 0.2) is 0 Å². The highest BCUT2D eigenvalue weighted by Crippen LogP contribution is 2.21. The van der Waals surface area contributed by atoms with Gasteiger partial charge in [0.1, 0.15) is 18.0 Å². The van der Waals surface area contributed by atoms with Crippen molar-refractivity contribution in [3.05, 3.63) is 23.8 Å². The first kappa shape index (κ1) is 15.0. The number of methoxy groups -OCH3 is 1. The van der Waals surface area contributed by atoms with Crippen molar-refractivity contribution in [2.45, 2.75) is 20.3 Å². The number of aryl methyl sites for hydroxylation is 1. The first-order valence-electron chi connectivity index (χ1n) is 4.98.